The number of phenolic OH excluding ortho intramolecular Hbond substituents is 1. The summed E-state index contributed by atoms with van der Waals surface area (Å²) < 4.78 is 0. The highest BCUT2D eigenvalue weighted by atomic mass is 79.9. The number of unbranched alkanes of at least 4 members (excludes halogenated alkanes) is 1. The van der Waals surface area contributed by atoms with Crippen LogP contribution in [0.2, 0.25) is 0 Å². The molecule has 0 aliphatic carbocycles. The molecule has 0 fully saturated rings. The molecular formula is C13H19BrO3. The number of aliphatic hydroxyl groups is 1. The second-order valence-corrected chi connectivity index (χ2v) is 4.53. The Hall–Kier alpha value is -0.870. The van der Waals surface area contributed by atoms with E-state index in [1.54, 1.807) is 26.0 Å². The van der Waals surface area contributed by atoms with Gasteiger partial charge in [0.25, 0.3) is 0 Å². The standard InChI is InChI=1S/C9H10O2.C4H9BrO/c1-6-3-8(5-10)4-7(2)9(6)11;5-3-1-2-4-6/h3-5,11H,1-2H3;6H,1-4H2. The quantitative estimate of drug-likeness (QED) is 0.511. The van der Waals surface area contributed by atoms with Crippen LogP contribution >= 0.6 is 15.9 Å². The minimum absolute atomic E-state index is 0.274. The van der Waals surface area contributed by atoms with E-state index in [1.165, 1.54) is 0 Å². The lowest BCUT2D eigenvalue weighted by Crippen LogP contribution is -1.85. The summed E-state index contributed by atoms with van der Waals surface area (Å²) in [4.78, 5) is 10.3. The SMILES string of the molecule is Cc1cc(C=O)cc(C)c1O.OCCCCBr. The zero-order valence-corrected chi connectivity index (χ0v) is 11.8. The molecule has 0 unspecified atom stereocenters. The zero-order valence-electron chi connectivity index (χ0n) is 10.2. The molecule has 2 N–H and O–H groups in total. The van der Waals surface area contributed by atoms with Crippen molar-refractivity contribution in [3.63, 3.8) is 0 Å². The number of hydrogen-bond acceptors (Lipinski definition) is 3. The Bertz CT molecular complexity index is 324. The van der Waals surface area contributed by atoms with Crippen LogP contribution in [0.1, 0.15) is 34.3 Å². The van der Waals surface area contributed by atoms with Crippen molar-refractivity contribution < 1.29 is 15.0 Å². The van der Waals surface area contributed by atoms with Gasteiger partial charge in [0.15, 0.2) is 0 Å². The van der Waals surface area contributed by atoms with E-state index in [4.69, 9.17) is 5.11 Å². The summed E-state index contributed by atoms with van der Waals surface area (Å²) in [6.45, 7) is 3.87. The van der Waals surface area contributed by atoms with E-state index >= 15 is 0 Å². The topological polar surface area (TPSA) is 57.5 Å². The highest BCUT2D eigenvalue weighted by molar-refractivity contribution is 9.09. The van der Waals surface area contributed by atoms with Gasteiger partial charge in [0, 0.05) is 17.5 Å². The van der Waals surface area contributed by atoms with E-state index in [1.807, 2.05) is 0 Å². The number of alkyl halides is 1. The lowest BCUT2D eigenvalue weighted by molar-refractivity contribution is 0.112. The van der Waals surface area contributed by atoms with Gasteiger partial charge in [0.2, 0.25) is 0 Å². The number of hydrogen-bond donors (Lipinski definition) is 2. The smallest absolute Gasteiger partial charge is 0.150 e. The number of halogens is 1. The average Bonchev–Trinajstić information content (AvgIpc) is 2.33. The molecule has 1 aromatic rings. The summed E-state index contributed by atoms with van der Waals surface area (Å²) in [7, 11) is 0. The molecule has 0 bridgehead atoms. The van der Waals surface area contributed by atoms with Gasteiger partial charge in [0.1, 0.15) is 12.0 Å². The molecule has 0 aliphatic rings. The fourth-order valence-electron chi connectivity index (χ4n) is 1.26. The molecule has 0 aliphatic heterocycles. The Labute approximate surface area is 111 Å². The molecule has 0 radical (unpaired) electrons. The van der Waals surface area contributed by atoms with Crippen molar-refractivity contribution in [1.82, 2.24) is 0 Å². The second-order valence-electron chi connectivity index (χ2n) is 3.74. The maximum Gasteiger partial charge on any atom is 0.150 e. The van der Waals surface area contributed by atoms with E-state index < -0.39 is 0 Å². The number of carbonyl (C=O) groups excluding carboxylic acids is 1. The largest absolute Gasteiger partial charge is 0.507 e. The molecule has 0 spiro atoms. The highest BCUT2D eigenvalue weighted by Crippen LogP contribution is 2.21. The molecule has 1 rings (SSSR count). The molecular weight excluding hydrogens is 284 g/mol. The molecule has 96 valence electrons. The van der Waals surface area contributed by atoms with E-state index in [0.29, 0.717) is 12.2 Å². The lowest BCUT2D eigenvalue weighted by Gasteiger charge is -2.02. The lowest BCUT2D eigenvalue weighted by atomic mass is 10.1. The van der Waals surface area contributed by atoms with Crippen molar-refractivity contribution in [2.75, 3.05) is 11.9 Å². The van der Waals surface area contributed by atoms with Gasteiger partial charge in [-0.1, -0.05) is 15.9 Å². The maximum atomic E-state index is 10.3. The fraction of sp³-hybridized carbons (Fsp3) is 0.462. The van der Waals surface area contributed by atoms with E-state index in [0.717, 1.165) is 35.6 Å². The number of carbonyl (C=O) groups is 1. The number of aromatic hydroxyl groups is 1. The first-order valence-electron chi connectivity index (χ1n) is 5.49. The van der Waals surface area contributed by atoms with Crippen LogP contribution in [-0.2, 0) is 0 Å². The Morgan fingerprint density at radius 3 is 2.06 bits per heavy atom. The van der Waals surface area contributed by atoms with Gasteiger partial charge in [-0.2, -0.15) is 0 Å². The third kappa shape index (κ3) is 6.44. The molecule has 0 atom stereocenters. The summed E-state index contributed by atoms with van der Waals surface area (Å²) in [5.41, 5.74) is 2.09. The van der Waals surface area contributed by atoms with Crippen LogP contribution in [0.15, 0.2) is 12.1 Å². The number of aryl methyl sites for hydroxylation is 2. The van der Waals surface area contributed by atoms with Crippen LogP contribution in [0.3, 0.4) is 0 Å². The van der Waals surface area contributed by atoms with Crippen LogP contribution in [0, 0.1) is 13.8 Å². The van der Waals surface area contributed by atoms with Crippen LogP contribution in [0.5, 0.6) is 5.75 Å². The number of rotatable bonds is 4. The first-order chi connectivity index (χ1) is 8.06. The Morgan fingerprint density at radius 2 is 1.76 bits per heavy atom. The van der Waals surface area contributed by atoms with Gasteiger partial charge in [-0.05, 0) is 49.9 Å². The average molecular weight is 303 g/mol. The van der Waals surface area contributed by atoms with Crippen molar-refractivity contribution >= 4 is 22.2 Å². The molecule has 4 heteroatoms. The highest BCUT2D eigenvalue weighted by Gasteiger charge is 2.01. The minimum atomic E-state index is 0.274. The Kier molecular flexibility index (Phi) is 8.72. The monoisotopic (exact) mass is 302 g/mol. The number of aliphatic hydroxyl groups excluding tert-OH is 1. The summed E-state index contributed by atoms with van der Waals surface area (Å²) in [5.74, 6) is 0.274. The first-order valence-corrected chi connectivity index (χ1v) is 6.61. The molecule has 17 heavy (non-hydrogen) atoms. The summed E-state index contributed by atoms with van der Waals surface area (Å²) in [5, 5.41) is 18.5. The van der Waals surface area contributed by atoms with Gasteiger partial charge in [-0.3, -0.25) is 4.79 Å². The molecule has 1 aromatic carbocycles. The third-order valence-corrected chi connectivity index (χ3v) is 2.75. The van der Waals surface area contributed by atoms with Crippen molar-refractivity contribution in [1.29, 1.82) is 0 Å². The van der Waals surface area contributed by atoms with Crippen molar-refractivity contribution in [2.45, 2.75) is 26.7 Å². The molecule has 0 saturated carbocycles. The molecule has 0 saturated heterocycles. The molecule has 3 nitrogen and oxygen atoms in total. The van der Waals surface area contributed by atoms with Crippen LogP contribution < -0.4 is 0 Å². The van der Waals surface area contributed by atoms with Crippen LogP contribution in [-0.4, -0.2) is 28.4 Å². The van der Waals surface area contributed by atoms with Gasteiger partial charge in [-0.15, -0.1) is 0 Å². The van der Waals surface area contributed by atoms with Crippen LogP contribution in [0.25, 0.3) is 0 Å². The first kappa shape index (κ1) is 16.1. The van der Waals surface area contributed by atoms with E-state index in [2.05, 4.69) is 15.9 Å². The second kappa shape index (κ2) is 9.19. The summed E-state index contributed by atoms with van der Waals surface area (Å²) in [6.07, 6.45) is 2.78. The molecule has 0 heterocycles. The van der Waals surface area contributed by atoms with Gasteiger partial charge < -0.3 is 10.2 Å². The molecule has 0 aromatic heterocycles. The predicted molar refractivity (Wildman–Crippen MR) is 73.1 cm³/mol. The van der Waals surface area contributed by atoms with Gasteiger partial charge in [-0.25, -0.2) is 0 Å². The number of phenols is 1. The van der Waals surface area contributed by atoms with Crippen molar-refractivity contribution in [3.8, 4) is 5.75 Å². The van der Waals surface area contributed by atoms with Crippen molar-refractivity contribution in [3.05, 3.63) is 28.8 Å². The predicted octanol–water partition coefficient (Wildman–Crippen LogP) is 2.98. The van der Waals surface area contributed by atoms with E-state index in [-0.39, 0.29) is 5.75 Å². The third-order valence-electron chi connectivity index (χ3n) is 2.19. The van der Waals surface area contributed by atoms with E-state index in [9.17, 15) is 9.90 Å². The summed E-state index contributed by atoms with van der Waals surface area (Å²) >= 11 is 3.24. The Morgan fingerprint density at radius 1 is 1.24 bits per heavy atom. The Balaban J connectivity index is 0.000000366. The normalized spacial score (nSPS) is 9.41. The zero-order chi connectivity index (χ0) is 13.3. The number of benzene rings is 1. The summed E-state index contributed by atoms with van der Waals surface area (Å²) in [6, 6.07) is 3.32. The fourth-order valence-corrected chi connectivity index (χ4v) is 1.66. The van der Waals surface area contributed by atoms with Crippen LogP contribution in [0.4, 0.5) is 0 Å². The number of aldehydes is 1. The van der Waals surface area contributed by atoms with Gasteiger partial charge >= 0.3 is 0 Å². The van der Waals surface area contributed by atoms with Crippen molar-refractivity contribution in [2.24, 2.45) is 0 Å². The van der Waals surface area contributed by atoms with Gasteiger partial charge in [0.05, 0.1) is 0 Å². The maximum absolute atomic E-state index is 10.3. The minimum Gasteiger partial charge on any atom is -0.507 e. The molecule has 0 amide bonds.